The van der Waals surface area contributed by atoms with Crippen molar-refractivity contribution in [2.24, 2.45) is 0 Å². The molecule has 0 amide bonds. The topological polar surface area (TPSA) is 90.7 Å². The summed E-state index contributed by atoms with van der Waals surface area (Å²) in [6.07, 6.45) is 0.698. The largest absolute Gasteiger partial charge is 0.457 e. The monoisotopic (exact) mass is 491 g/mol. The van der Waals surface area contributed by atoms with Crippen LogP contribution in [0.5, 0.6) is 0 Å². The number of morpholine rings is 1. The van der Waals surface area contributed by atoms with Gasteiger partial charge in [-0.2, -0.15) is 4.31 Å². The van der Waals surface area contributed by atoms with Crippen molar-refractivity contribution in [3.63, 3.8) is 0 Å². The molecule has 33 heavy (non-hydrogen) atoms. The zero-order valence-corrected chi connectivity index (χ0v) is 19.9. The molecule has 8 nitrogen and oxygen atoms in total. The van der Waals surface area contributed by atoms with Crippen LogP contribution in [0.15, 0.2) is 47.4 Å². The van der Waals surface area contributed by atoms with Crippen molar-refractivity contribution < 1.29 is 22.7 Å². The second-order valence-electron chi connectivity index (χ2n) is 7.69. The van der Waals surface area contributed by atoms with Gasteiger partial charge in [0.15, 0.2) is 0 Å². The highest BCUT2D eigenvalue weighted by Crippen LogP contribution is 2.24. The molecule has 0 aliphatic carbocycles. The number of rotatable bonds is 8. The smallest absolute Gasteiger partial charge is 0.306 e. The van der Waals surface area contributed by atoms with Crippen LogP contribution < -0.4 is 0 Å². The summed E-state index contributed by atoms with van der Waals surface area (Å²) in [7, 11) is -3.62. The molecular formula is C23H26ClN3O5S. The Bertz CT molecular complexity index is 1250. The van der Waals surface area contributed by atoms with E-state index in [0.717, 1.165) is 11.1 Å². The Morgan fingerprint density at radius 2 is 1.94 bits per heavy atom. The van der Waals surface area contributed by atoms with Gasteiger partial charge in [-0.05, 0) is 43.2 Å². The molecule has 0 atom stereocenters. The second-order valence-corrected chi connectivity index (χ2v) is 10.0. The molecule has 176 valence electrons. The molecule has 0 N–H and O–H groups in total. The van der Waals surface area contributed by atoms with Crippen molar-refractivity contribution in [3.8, 4) is 0 Å². The van der Waals surface area contributed by atoms with E-state index in [1.807, 2.05) is 29.7 Å². The summed E-state index contributed by atoms with van der Waals surface area (Å²) >= 11 is 6.14. The van der Waals surface area contributed by atoms with E-state index >= 15 is 0 Å². The minimum atomic E-state index is -3.62. The number of aryl methyl sites for hydroxylation is 2. The number of fused-ring (bicyclic) bond motifs is 1. The third-order valence-electron chi connectivity index (χ3n) is 5.64. The van der Waals surface area contributed by atoms with E-state index in [-0.39, 0.29) is 23.9 Å². The summed E-state index contributed by atoms with van der Waals surface area (Å²) in [5.74, 6) is 0.222. The number of hydrogen-bond donors (Lipinski definition) is 0. The fraction of sp³-hybridized carbons (Fsp3) is 0.391. The maximum Gasteiger partial charge on any atom is 0.306 e. The second kappa shape index (κ2) is 10.2. The van der Waals surface area contributed by atoms with Gasteiger partial charge in [0.05, 0.1) is 29.1 Å². The lowest BCUT2D eigenvalue weighted by Crippen LogP contribution is -2.40. The summed E-state index contributed by atoms with van der Waals surface area (Å²) in [6, 6.07) is 12.3. The minimum absolute atomic E-state index is 0.00935. The lowest BCUT2D eigenvalue weighted by molar-refractivity contribution is -0.145. The molecule has 4 rings (SSSR count). The molecule has 2 heterocycles. The fourth-order valence-electron chi connectivity index (χ4n) is 3.87. The summed E-state index contributed by atoms with van der Waals surface area (Å²) in [5.41, 5.74) is 2.24. The molecule has 1 saturated heterocycles. The molecule has 0 unspecified atom stereocenters. The van der Waals surface area contributed by atoms with Crippen molar-refractivity contribution in [1.82, 2.24) is 13.9 Å². The van der Waals surface area contributed by atoms with Crippen LogP contribution in [0.25, 0.3) is 11.0 Å². The van der Waals surface area contributed by atoms with Crippen LogP contribution >= 0.6 is 11.6 Å². The number of hydrogen-bond acceptors (Lipinski definition) is 6. The van der Waals surface area contributed by atoms with Crippen molar-refractivity contribution in [2.75, 3.05) is 26.3 Å². The predicted molar refractivity (Wildman–Crippen MR) is 125 cm³/mol. The Kier molecular flexibility index (Phi) is 7.33. The third-order valence-corrected chi connectivity index (χ3v) is 7.90. The standard InChI is InChI=1S/C23H26ClN3O5S/c1-2-27-21-9-8-18(33(29,30)26-11-13-31-14-12-26)15-20(21)25-22(27)16-32-23(28)10-7-17-5-3-4-6-19(17)24/h3-6,8-9,15H,2,7,10-14,16H2,1H3. The zero-order chi connectivity index (χ0) is 23.4. The first-order valence-corrected chi connectivity index (χ1v) is 12.7. The lowest BCUT2D eigenvalue weighted by atomic mass is 10.1. The predicted octanol–water partition coefficient (Wildman–Crippen LogP) is 3.41. The highest BCUT2D eigenvalue weighted by atomic mass is 35.5. The number of esters is 1. The highest BCUT2D eigenvalue weighted by Gasteiger charge is 2.27. The van der Waals surface area contributed by atoms with E-state index in [9.17, 15) is 13.2 Å². The average molecular weight is 492 g/mol. The Morgan fingerprint density at radius 1 is 1.18 bits per heavy atom. The number of ether oxygens (including phenoxy) is 2. The molecule has 0 bridgehead atoms. The van der Waals surface area contributed by atoms with E-state index in [2.05, 4.69) is 4.98 Å². The van der Waals surface area contributed by atoms with Gasteiger partial charge in [0.2, 0.25) is 10.0 Å². The van der Waals surface area contributed by atoms with Gasteiger partial charge in [0.1, 0.15) is 12.4 Å². The molecule has 10 heteroatoms. The Morgan fingerprint density at radius 3 is 2.67 bits per heavy atom. The van der Waals surface area contributed by atoms with Crippen LogP contribution in [-0.2, 0) is 43.9 Å². The molecule has 1 aliphatic heterocycles. The van der Waals surface area contributed by atoms with E-state index in [1.165, 1.54) is 4.31 Å². The number of carbonyl (C=O) groups excluding carboxylic acids is 1. The minimum Gasteiger partial charge on any atom is -0.457 e. The van der Waals surface area contributed by atoms with Crippen LogP contribution in [0.2, 0.25) is 5.02 Å². The number of imidazole rings is 1. The maximum absolute atomic E-state index is 13.0. The molecule has 1 aromatic heterocycles. The van der Waals surface area contributed by atoms with Gasteiger partial charge in [0.25, 0.3) is 0 Å². The molecule has 1 fully saturated rings. The molecule has 0 spiro atoms. The number of aromatic nitrogens is 2. The summed E-state index contributed by atoms with van der Waals surface area (Å²) in [6.45, 7) is 4.02. The number of sulfonamides is 1. The van der Waals surface area contributed by atoms with Gasteiger partial charge < -0.3 is 14.0 Å². The Balaban J connectivity index is 1.47. The van der Waals surface area contributed by atoms with Crippen LogP contribution in [0, 0.1) is 0 Å². The van der Waals surface area contributed by atoms with Gasteiger partial charge in [0, 0.05) is 31.1 Å². The van der Waals surface area contributed by atoms with E-state index in [1.54, 1.807) is 24.3 Å². The Labute approximate surface area is 198 Å². The number of halogens is 1. The van der Waals surface area contributed by atoms with Gasteiger partial charge in [-0.25, -0.2) is 13.4 Å². The number of benzene rings is 2. The van der Waals surface area contributed by atoms with E-state index < -0.39 is 10.0 Å². The fourth-order valence-corrected chi connectivity index (χ4v) is 5.53. The van der Waals surface area contributed by atoms with Crippen molar-refractivity contribution in [2.45, 2.75) is 37.8 Å². The van der Waals surface area contributed by atoms with Crippen molar-refractivity contribution in [3.05, 3.63) is 58.9 Å². The lowest BCUT2D eigenvalue weighted by Gasteiger charge is -2.26. The van der Waals surface area contributed by atoms with Crippen molar-refractivity contribution in [1.29, 1.82) is 0 Å². The van der Waals surface area contributed by atoms with Crippen LogP contribution in [0.4, 0.5) is 0 Å². The summed E-state index contributed by atoms with van der Waals surface area (Å²) in [4.78, 5) is 17.0. The zero-order valence-electron chi connectivity index (χ0n) is 18.4. The van der Waals surface area contributed by atoms with Crippen LogP contribution in [0.3, 0.4) is 0 Å². The first-order chi connectivity index (χ1) is 15.9. The third kappa shape index (κ3) is 5.22. The van der Waals surface area contributed by atoms with E-state index in [0.29, 0.717) is 55.6 Å². The first-order valence-electron chi connectivity index (χ1n) is 10.9. The summed E-state index contributed by atoms with van der Waals surface area (Å²) in [5, 5.41) is 0.626. The van der Waals surface area contributed by atoms with Crippen molar-refractivity contribution >= 4 is 38.6 Å². The molecule has 0 saturated carbocycles. The summed E-state index contributed by atoms with van der Waals surface area (Å²) < 4.78 is 40.0. The normalized spacial score (nSPS) is 15.1. The molecule has 0 radical (unpaired) electrons. The first kappa shape index (κ1) is 23.7. The molecule has 1 aliphatic rings. The van der Waals surface area contributed by atoms with Gasteiger partial charge in [-0.1, -0.05) is 29.8 Å². The number of nitrogens with zero attached hydrogens (tertiary/aromatic N) is 3. The quantitative estimate of drug-likeness (QED) is 0.448. The van der Waals surface area contributed by atoms with Gasteiger partial charge in [-0.15, -0.1) is 0 Å². The number of carbonyl (C=O) groups is 1. The molecule has 2 aromatic carbocycles. The molecule has 3 aromatic rings. The van der Waals surface area contributed by atoms with Gasteiger partial charge in [-0.3, -0.25) is 4.79 Å². The highest BCUT2D eigenvalue weighted by molar-refractivity contribution is 7.89. The SMILES string of the molecule is CCn1c(COC(=O)CCc2ccccc2Cl)nc2cc(S(=O)(=O)N3CCOCC3)ccc21. The average Bonchev–Trinajstić information content (AvgIpc) is 3.19. The molecular weight excluding hydrogens is 466 g/mol. The van der Waals surface area contributed by atoms with Crippen LogP contribution in [0.1, 0.15) is 24.7 Å². The maximum atomic E-state index is 13.0. The van der Waals surface area contributed by atoms with Crippen LogP contribution in [-0.4, -0.2) is 54.5 Å². The van der Waals surface area contributed by atoms with E-state index in [4.69, 9.17) is 21.1 Å². The van der Waals surface area contributed by atoms with Gasteiger partial charge >= 0.3 is 5.97 Å². The Hall–Kier alpha value is -2.46.